The van der Waals surface area contributed by atoms with Gasteiger partial charge in [-0.3, -0.25) is 32.3 Å². The third-order valence-electron chi connectivity index (χ3n) is 12.2. The van der Waals surface area contributed by atoms with E-state index in [9.17, 15) is 27.6 Å². The van der Waals surface area contributed by atoms with E-state index in [0.29, 0.717) is 24.4 Å². The van der Waals surface area contributed by atoms with E-state index < -0.39 is 16.4 Å². The molecule has 0 heterocycles. The molecule has 13 nitrogen and oxygen atoms in total. The number of unbranched alkanes of at least 4 members (excludes halogenated alkanes) is 28. The molecule has 0 bridgehead atoms. The maximum atomic E-state index is 11.9. The fraction of sp³-hybridized carbons (Fsp3) is 0.790. The van der Waals surface area contributed by atoms with Crippen molar-refractivity contribution in [3.63, 3.8) is 0 Å². The predicted molar refractivity (Wildman–Crippen MR) is 315 cm³/mol. The van der Waals surface area contributed by atoms with Gasteiger partial charge in [-0.1, -0.05) is 206 Å². The Kier molecular flexibility index (Phi) is 89.3. The molecule has 0 aliphatic carbocycles. The maximum Gasteiger partial charge on any atom is 1.00 e. The molecule has 0 amide bonds. The Balaban J connectivity index is -0.000000206. The van der Waals surface area contributed by atoms with Crippen LogP contribution in [0.15, 0.2) is 48.6 Å². The van der Waals surface area contributed by atoms with Crippen LogP contribution >= 0.6 is 0 Å². The summed E-state index contributed by atoms with van der Waals surface area (Å²) in [6.45, 7) is 4.32. The Labute approximate surface area is 496 Å². The van der Waals surface area contributed by atoms with Crippen molar-refractivity contribution in [3.8, 4) is 0 Å². The van der Waals surface area contributed by atoms with Gasteiger partial charge in [0.25, 0.3) is 6.47 Å². The molecule has 0 fully saturated rings. The zero-order chi connectivity index (χ0) is 55.7. The van der Waals surface area contributed by atoms with Crippen LogP contribution in [0.2, 0.25) is 0 Å². The van der Waals surface area contributed by atoms with Crippen molar-refractivity contribution in [2.24, 2.45) is 0 Å². The second kappa shape index (κ2) is 77.8. The van der Waals surface area contributed by atoms with Crippen LogP contribution in [-0.2, 0) is 52.4 Å². The maximum absolute atomic E-state index is 11.9. The summed E-state index contributed by atoms with van der Waals surface area (Å²) in [5.41, 5.74) is 0. The average molecular weight is 1130 g/mol. The van der Waals surface area contributed by atoms with Crippen LogP contribution in [0.3, 0.4) is 0 Å². The van der Waals surface area contributed by atoms with E-state index in [1.54, 1.807) is 0 Å². The number of methoxy groups -OCH3 is 1. The summed E-state index contributed by atoms with van der Waals surface area (Å²) in [4.78, 5) is 56.5. The van der Waals surface area contributed by atoms with Gasteiger partial charge in [0.05, 0.1) is 21.3 Å². The number of carboxylic acids is 1. The molecule has 0 unspecified atom stereocenters. The summed E-state index contributed by atoms with van der Waals surface area (Å²) in [5, 5.41) is 17.0. The third kappa shape index (κ3) is 90.4. The number of ether oxygens (including phenoxy) is 1. The van der Waals surface area contributed by atoms with Gasteiger partial charge in [-0.05, 0) is 103 Å². The Morgan fingerprint density at radius 3 is 0.896 bits per heavy atom. The van der Waals surface area contributed by atoms with Crippen molar-refractivity contribution >= 4 is 40.4 Å². The number of aliphatic carboxylic acids is 1. The molecule has 0 aromatic rings. The number of hydrogen-bond acceptors (Lipinski definition) is 12. The number of rotatable bonds is 51. The van der Waals surface area contributed by atoms with Crippen LogP contribution in [-0.4, -0.2) is 64.8 Å². The van der Waals surface area contributed by atoms with Gasteiger partial charge in [0.1, 0.15) is 11.6 Å². The second-order valence-electron chi connectivity index (χ2n) is 18.9. The molecule has 0 aromatic heterocycles. The number of carbonyl (C=O) groups excluding carboxylic acids is 4. The number of ketones is 2. The quantitative estimate of drug-likeness (QED) is 0.0115. The predicted octanol–water partition coefficient (Wildman–Crippen LogP) is 14.3. The fourth-order valence-corrected chi connectivity index (χ4v) is 7.78. The van der Waals surface area contributed by atoms with Crippen LogP contribution in [0.1, 0.15) is 298 Å². The smallest absolute Gasteiger partial charge is 0.662 e. The number of hydrogen-bond donors (Lipinski definition) is 1. The van der Waals surface area contributed by atoms with Crippen molar-refractivity contribution in [1.29, 1.82) is 0 Å². The van der Waals surface area contributed by atoms with E-state index in [4.69, 9.17) is 15.2 Å². The molecular weight excluding hydrogens is 1010 g/mol. The van der Waals surface area contributed by atoms with E-state index in [1.165, 1.54) is 148 Å². The minimum Gasteiger partial charge on any atom is -0.662 e. The first-order chi connectivity index (χ1) is 35.9. The van der Waals surface area contributed by atoms with Crippen molar-refractivity contribution in [1.82, 2.24) is 0 Å². The number of esters is 1. The van der Waals surface area contributed by atoms with Crippen molar-refractivity contribution < 1.29 is 90.3 Å². The van der Waals surface area contributed by atoms with E-state index >= 15 is 0 Å². The van der Waals surface area contributed by atoms with E-state index in [-0.39, 0.29) is 63.3 Å². The fourth-order valence-electron chi connectivity index (χ4n) is 7.64. The number of carbonyl (C=O) groups is 5. The summed E-state index contributed by atoms with van der Waals surface area (Å²) in [5.74, 6) is 0.0128. The first-order valence-corrected chi connectivity index (χ1v) is 30.2. The summed E-state index contributed by atoms with van der Waals surface area (Å²) >= 11 is 0. The molecule has 0 saturated heterocycles. The average Bonchev–Trinajstić information content (AvgIpc) is 3.40. The molecule has 0 aliphatic rings. The zero-order valence-corrected chi connectivity index (χ0v) is 51.5. The molecule has 0 aliphatic heterocycles. The molecule has 0 saturated carbocycles. The molecule has 77 heavy (non-hydrogen) atoms. The molecular formula is C62H117NaO13S. The Morgan fingerprint density at radius 1 is 0.416 bits per heavy atom. The number of allylic oxidation sites excluding steroid dienone is 8. The molecule has 0 spiro atoms. The second-order valence-corrected chi connectivity index (χ2v) is 20.4. The van der Waals surface area contributed by atoms with Crippen LogP contribution in [0, 0.1) is 0 Å². The molecule has 450 valence electrons. The van der Waals surface area contributed by atoms with Gasteiger partial charge in [0.2, 0.25) is 0 Å². The largest absolute Gasteiger partial charge is 1.00 e. The van der Waals surface area contributed by atoms with E-state index in [2.05, 4.69) is 80.4 Å². The Hall–Kier alpha value is -2.46. The molecule has 1 N–H and O–H groups in total. The summed E-state index contributed by atoms with van der Waals surface area (Å²) in [7, 11) is -0.170. The Morgan fingerprint density at radius 2 is 0.662 bits per heavy atom. The summed E-state index contributed by atoms with van der Waals surface area (Å²) < 4.78 is 32.2. The number of carboxylic acid groups (broad SMARTS) is 1. The normalized spacial score (nSPS) is 10.8. The van der Waals surface area contributed by atoms with E-state index in [1.807, 2.05) is 0 Å². The first kappa shape index (κ1) is 88.4. The molecule has 0 aromatic carbocycles. The summed E-state index contributed by atoms with van der Waals surface area (Å²) in [6, 6.07) is 0. The van der Waals surface area contributed by atoms with Crippen LogP contribution in [0.4, 0.5) is 0 Å². The van der Waals surface area contributed by atoms with Gasteiger partial charge < -0.3 is 20.0 Å². The van der Waals surface area contributed by atoms with Gasteiger partial charge in [-0.25, -0.2) is 0 Å². The van der Waals surface area contributed by atoms with Crippen molar-refractivity contribution in [3.05, 3.63) is 48.6 Å². The Bertz CT molecular complexity index is 1450. The van der Waals surface area contributed by atoms with Gasteiger partial charge in [0, 0.05) is 38.5 Å². The minimum absolute atomic E-state index is 0. The molecule has 0 radical (unpaired) electrons. The van der Waals surface area contributed by atoms with E-state index in [0.717, 1.165) is 123 Å². The monoisotopic (exact) mass is 1120 g/mol. The van der Waals surface area contributed by atoms with Gasteiger partial charge >= 0.3 is 51.9 Å². The first-order valence-electron chi connectivity index (χ1n) is 28.9. The van der Waals surface area contributed by atoms with Crippen molar-refractivity contribution in [2.75, 3.05) is 21.3 Å². The molecule has 0 rings (SSSR count). The molecule has 15 heteroatoms. The van der Waals surface area contributed by atoms with Gasteiger partial charge in [0.15, 0.2) is 0 Å². The SMILES string of the molecule is C.C.CCCCC/C=C\C/C=C\CCCCCCCCCC(=O)CCCCCCCC(=O)O.CCCCC/C=C\C/C=C\CCCCCCCCCC(=O)CCCCCCCC(=O)OC.COS(=O)(=O)OC.O=CO[O-].[Na+]. The van der Waals surface area contributed by atoms with Crippen LogP contribution < -0.4 is 34.8 Å². The van der Waals surface area contributed by atoms with Crippen molar-refractivity contribution in [2.45, 2.75) is 298 Å². The van der Waals surface area contributed by atoms with Gasteiger partial charge in [-0.2, -0.15) is 8.42 Å². The standard InChI is InChI=1S/C29H52O3.C28H50O3.C2H6O4S.CH2O3.2CH4.Na/c1-3-4-5-6-7-8-9-10-11-12-13-14-15-16-17-19-22-25-28(30)26-23-20-18-21-24-27-29(31)32-2;1-2-3-4-5-6-7-8-9-10-11-12-13-14-15-16-18-21-24-27(29)25-22-19-17-20-23-26-28(30)31;1-5-7(3,4)6-2;2-1-4-3;;;/h7-8,10-11H,3-6,9,12-27H2,1-2H3;6-7,9-10H,2-5,8,11-26H2,1H3,(H,30,31);1-2H3;1,3H;2*1H4;/q;;;;;;+1/p-1/b8-7-,11-10-;7-6-,10-9-;;;;;. The van der Waals surface area contributed by atoms with Crippen LogP contribution in [0.25, 0.3) is 0 Å². The summed E-state index contributed by atoms with van der Waals surface area (Å²) in [6.07, 6.45) is 64.7. The number of Topliss-reactive ketones (excluding diaryl/α,β-unsaturated/α-hetero) is 2. The topological polar surface area (TPSA) is 200 Å². The zero-order valence-electron chi connectivity index (χ0n) is 48.6. The minimum atomic E-state index is -3.66. The third-order valence-corrected chi connectivity index (χ3v) is 13.0. The molecule has 0 atom stereocenters. The van der Waals surface area contributed by atoms with Crippen LogP contribution in [0.5, 0.6) is 0 Å². The van der Waals surface area contributed by atoms with Gasteiger partial charge in [-0.15, -0.1) is 0 Å².